The van der Waals surface area contributed by atoms with E-state index in [1.165, 1.54) is 31.1 Å². The Morgan fingerprint density at radius 1 is 0.244 bits per heavy atom. The molecule has 216 valence electrons. The van der Waals surface area contributed by atoms with E-state index in [0.29, 0.717) is 5.75 Å². The van der Waals surface area contributed by atoms with Crippen LogP contribution in [0.15, 0.2) is 200 Å². The van der Waals surface area contributed by atoms with Crippen molar-refractivity contribution in [1.82, 2.24) is 0 Å². The van der Waals surface area contributed by atoms with Crippen LogP contribution in [0.25, 0.3) is 0 Å². The number of para-hydroxylation sites is 1. The summed E-state index contributed by atoms with van der Waals surface area (Å²) >= 11 is 0. The highest BCUT2D eigenvalue weighted by Gasteiger charge is 2.48. The smallest absolute Gasteiger partial charge is 0.183 e. The summed E-state index contributed by atoms with van der Waals surface area (Å²) in [6.07, 6.45) is 0. The molecule has 7 aromatic rings. The van der Waals surface area contributed by atoms with Gasteiger partial charge in [0.15, 0.2) is 16.1 Å². The van der Waals surface area contributed by atoms with Gasteiger partial charge in [-0.2, -0.15) is 0 Å². The largest absolute Gasteiger partial charge is 0.508 e. The van der Waals surface area contributed by atoms with Crippen molar-refractivity contribution in [2.45, 2.75) is 0 Å². The highest BCUT2D eigenvalue weighted by molar-refractivity contribution is 7.22. The number of benzene rings is 7. The lowest BCUT2D eigenvalue weighted by atomic mass is 10.3. The summed E-state index contributed by atoms with van der Waals surface area (Å²) in [6, 6.07) is 71.4. The predicted octanol–water partition coefficient (Wildman–Crippen LogP) is 4.15. The van der Waals surface area contributed by atoms with Crippen molar-refractivity contribution in [3.05, 3.63) is 200 Å². The Kier molecular flexibility index (Phi) is 7.87. The van der Waals surface area contributed by atoms with Crippen LogP contribution in [0, 0.1) is 0 Å². The van der Waals surface area contributed by atoms with Gasteiger partial charge in [-0.3, -0.25) is 0 Å². The Balaban J connectivity index is 1.65. The third kappa shape index (κ3) is 4.78. The van der Waals surface area contributed by atoms with E-state index in [2.05, 4.69) is 200 Å². The zero-order valence-electron chi connectivity index (χ0n) is 25.0. The lowest BCUT2D eigenvalue weighted by molar-refractivity contribution is 0.483. The zero-order valence-corrected chi connectivity index (χ0v) is 27.0. The fourth-order valence-corrected chi connectivity index (χ4v) is 17.0. The molecule has 45 heavy (non-hydrogen) atoms. The molecule has 0 saturated carbocycles. The van der Waals surface area contributed by atoms with Gasteiger partial charge in [-0.05, 0) is 41.5 Å². The van der Waals surface area contributed by atoms with Crippen molar-refractivity contribution in [2.24, 2.45) is 0 Å². The maximum atomic E-state index is 13.1. The molecule has 0 fully saturated rings. The van der Waals surface area contributed by atoms with Crippen molar-refractivity contribution in [2.75, 3.05) is 0 Å². The monoisotopic (exact) mass is 610 g/mol. The molecule has 0 radical (unpaired) electrons. The normalized spacial score (nSPS) is 11.6. The van der Waals surface area contributed by atoms with Gasteiger partial charge in [-0.25, -0.2) is 0 Å². The van der Waals surface area contributed by atoms with E-state index < -0.39 is 16.1 Å². The quantitative estimate of drug-likeness (QED) is 0.203. The molecule has 7 aromatic carbocycles. The van der Waals surface area contributed by atoms with Crippen LogP contribution < -0.4 is 41.5 Å². The summed E-state index contributed by atoms with van der Waals surface area (Å²) in [4.78, 5) is 0. The third-order valence-corrected chi connectivity index (χ3v) is 18.7. The second-order valence-electron chi connectivity index (χ2n) is 11.4. The van der Waals surface area contributed by atoms with E-state index in [-0.39, 0.29) is 0 Å². The van der Waals surface area contributed by atoms with E-state index in [4.69, 9.17) is 0 Å². The molecular formula is C42H34OSi2. The van der Waals surface area contributed by atoms with Gasteiger partial charge >= 0.3 is 0 Å². The standard InChI is InChI=1S/C42H34OSi2/c43-42-40(44(34-20-7-1-8-21-34,35-22-9-2-10-23-35)36-24-11-3-12-25-36)32-19-33-41(42)45(37-26-13-4-14-27-37,38-28-15-5-16-29-38)39-30-17-6-18-31-39/h1-33,43H. The third-order valence-electron chi connectivity index (χ3n) is 9.08. The Bertz CT molecular complexity index is 1640. The minimum absolute atomic E-state index is 0.393. The molecule has 0 heterocycles. The number of rotatable bonds is 8. The van der Waals surface area contributed by atoms with E-state index in [0.717, 1.165) is 10.4 Å². The second kappa shape index (κ2) is 12.4. The van der Waals surface area contributed by atoms with Gasteiger partial charge in [-0.1, -0.05) is 200 Å². The molecule has 0 unspecified atom stereocenters. The summed E-state index contributed by atoms with van der Waals surface area (Å²) in [5.74, 6) is 0.393. The lowest BCUT2D eigenvalue weighted by Crippen LogP contribution is -2.77. The van der Waals surface area contributed by atoms with Crippen molar-refractivity contribution in [1.29, 1.82) is 0 Å². The van der Waals surface area contributed by atoms with Gasteiger partial charge in [0.2, 0.25) is 0 Å². The molecular weight excluding hydrogens is 577 g/mol. The van der Waals surface area contributed by atoms with Crippen molar-refractivity contribution >= 4 is 57.6 Å². The molecule has 0 aliphatic rings. The first kappa shape index (κ1) is 28.5. The molecule has 0 amide bonds. The molecule has 0 spiro atoms. The van der Waals surface area contributed by atoms with Gasteiger partial charge in [0.1, 0.15) is 5.75 Å². The van der Waals surface area contributed by atoms with Crippen LogP contribution >= 0.6 is 0 Å². The summed E-state index contributed by atoms with van der Waals surface area (Å²) in [7, 11) is -5.97. The molecule has 1 N–H and O–H groups in total. The van der Waals surface area contributed by atoms with Crippen LogP contribution in [-0.2, 0) is 0 Å². The topological polar surface area (TPSA) is 20.2 Å². The van der Waals surface area contributed by atoms with Crippen LogP contribution in [0.1, 0.15) is 0 Å². The Morgan fingerprint density at radius 3 is 0.644 bits per heavy atom. The van der Waals surface area contributed by atoms with Gasteiger partial charge in [-0.15, -0.1) is 0 Å². The fraction of sp³-hybridized carbons (Fsp3) is 0. The molecule has 7 rings (SSSR count). The SMILES string of the molecule is Oc1c([Si](c2ccccc2)(c2ccccc2)c2ccccc2)cccc1[Si](c1ccccc1)(c1ccccc1)c1ccccc1. The second-order valence-corrected chi connectivity index (χ2v) is 18.9. The highest BCUT2D eigenvalue weighted by atomic mass is 28.3. The molecule has 0 bridgehead atoms. The van der Waals surface area contributed by atoms with Gasteiger partial charge in [0.05, 0.1) is 0 Å². The average molecular weight is 611 g/mol. The van der Waals surface area contributed by atoms with Crippen LogP contribution in [-0.4, -0.2) is 21.3 Å². The summed E-state index contributed by atoms with van der Waals surface area (Å²) in [5, 5.41) is 22.5. The first-order valence-electron chi connectivity index (χ1n) is 15.4. The van der Waals surface area contributed by atoms with Crippen LogP contribution in [0.4, 0.5) is 0 Å². The number of aromatic hydroxyl groups is 1. The first-order chi connectivity index (χ1) is 22.3. The van der Waals surface area contributed by atoms with Crippen molar-refractivity contribution in [3.63, 3.8) is 0 Å². The van der Waals surface area contributed by atoms with Gasteiger partial charge in [0.25, 0.3) is 0 Å². The maximum Gasteiger partial charge on any atom is 0.183 e. The minimum Gasteiger partial charge on any atom is -0.508 e. The Labute approximate surface area is 267 Å². The first-order valence-corrected chi connectivity index (χ1v) is 19.4. The molecule has 0 saturated heterocycles. The predicted molar refractivity (Wildman–Crippen MR) is 195 cm³/mol. The Morgan fingerprint density at radius 2 is 0.444 bits per heavy atom. The zero-order chi connectivity index (χ0) is 30.5. The van der Waals surface area contributed by atoms with Crippen molar-refractivity contribution < 1.29 is 5.11 Å². The van der Waals surface area contributed by atoms with E-state index in [1.807, 2.05) is 0 Å². The fourth-order valence-electron chi connectivity index (χ4n) is 7.21. The summed E-state index contributed by atoms with van der Waals surface area (Å²) in [5.41, 5.74) is 0. The Hall–Kier alpha value is -5.23. The number of hydrogen-bond donors (Lipinski definition) is 1. The molecule has 0 aliphatic carbocycles. The summed E-state index contributed by atoms with van der Waals surface area (Å²) < 4.78 is 0. The van der Waals surface area contributed by atoms with Gasteiger partial charge < -0.3 is 5.11 Å². The molecule has 0 aliphatic heterocycles. The van der Waals surface area contributed by atoms with Crippen LogP contribution in [0.3, 0.4) is 0 Å². The molecule has 0 aromatic heterocycles. The summed E-state index contributed by atoms with van der Waals surface area (Å²) in [6.45, 7) is 0. The van der Waals surface area contributed by atoms with E-state index in [9.17, 15) is 5.11 Å². The lowest BCUT2D eigenvalue weighted by Gasteiger charge is -2.38. The minimum atomic E-state index is -2.99. The van der Waals surface area contributed by atoms with E-state index in [1.54, 1.807) is 0 Å². The number of hydrogen-bond acceptors (Lipinski definition) is 1. The average Bonchev–Trinajstić information content (AvgIpc) is 3.13. The maximum absolute atomic E-state index is 13.1. The van der Waals surface area contributed by atoms with E-state index >= 15 is 0 Å². The van der Waals surface area contributed by atoms with Gasteiger partial charge in [0, 0.05) is 0 Å². The molecule has 3 heteroatoms. The number of phenols is 1. The van der Waals surface area contributed by atoms with Crippen LogP contribution in [0.5, 0.6) is 5.75 Å². The van der Waals surface area contributed by atoms with Crippen molar-refractivity contribution in [3.8, 4) is 5.75 Å². The highest BCUT2D eigenvalue weighted by Crippen LogP contribution is 2.19. The molecule has 1 nitrogen and oxygen atoms in total. The van der Waals surface area contributed by atoms with Crippen LogP contribution in [0.2, 0.25) is 0 Å². The number of phenolic OH excluding ortho intramolecular Hbond substituents is 1. The molecule has 0 atom stereocenters.